The fourth-order valence-electron chi connectivity index (χ4n) is 2.67. The number of Topliss-reactive ketones (excluding diaryl/α,β-unsaturated/α-hetero) is 1. The molecule has 0 amide bonds. The lowest BCUT2D eigenvalue weighted by molar-refractivity contribution is -0.131. The first-order valence-electron chi connectivity index (χ1n) is 7.56. The van der Waals surface area contributed by atoms with Gasteiger partial charge < -0.3 is 10.1 Å². The lowest BCUT2D eigenvalue weighted by Crippen LogP contribution is -2.40. The Hall–Kier alpha value is -2.40. The van der Waals surface area contributed by atoms with Crippen LogP contribution in [0.15, 0.2) is 42.1 Å². The highest BCUT2D eigenvalue weighted by Crippen LogP contribution is 2.23. The molecule has 0 bridgehead atoms. The average molecular weight is 314 g/mol. The normalized spacial score (nSPS) is 16.0. The van der Waals surface area contributed by atoms with E-state index in [9.17, 15) is 9.59 Å². The molecule has 0 unspecified atom stereocenters. The third-order valence-corrected chi connectivity index (χ3v) is 3.77. The fraction of sp³-hybridized carbons (Fsp3) is 0.333. The van der Waals surface area contributed by atoms with Crippen LogP contribution in [-0.4, -0.2) is 46.5 Å². The van der Waals surface area contributed by atoms with Gasteiger partial charge in [0, 0.05) is 31.4 Å². The Labute approximate surface area is 136 Å². The van der Waals surface area contributed by atoms with Gasteiger partial charge >= 0.3 is 5.97 Å². The molecule has 0 fully saturated rings. The summed E-state index contributed by atoms with van der Waals surface area (Å²) in [5.41, 5.74) is 3.44. The number of carboxylic acids is 1. The summed E-state index contributed by atoms with van der Waals surface area (Å²) < 4.78 is 0. The molecule has 5 heteroatoms. The maximum atomic E-state index is 11.5. The van der Waals surface area contributed by atoms with Gasteiger partial charge in [0.2, 0.25) is 0 Å². The number of hydrazine groups is 1. The highest BCUT2D eigenvalue weighted by molar-refractivity contribution is 6.39. The van der Waals surface area contributed by atoms with E-state index in [1.807, 2.05) is 7.05 Å². The van der Waals surface area contributed by atoms with Gasteiger partial charge in [-0.25, -0.2) is 9.80 Å². The zero-order valence-corrected chi connectivity index (χ0v) is 13.9. The van der Waals surface area contributed by atoms with Crippen molar-refractivity contribution in [2.45, 2.75) is 26.8 Å². The van der Waals surface area contributed by atoms with Gasteiger partial charge in [0.1, 0.15) is 0 Å². The number of ketones is 1. The van der Waals surface area contributed by atoms with E-state index >= 15 is 0 Å². The Morgan fingerprint density at radius 3 is 2.30 bits per heavy atom. The van der Waals surface area contributed by atoms with Crippen LogP contribution in [0.25, 0.3) is 5.57 Å². The Balaban J connectivity index is 2.27. The molecule has 2 rings (SSSR count). The van der Waals surface area contributed by atoms with Gasteiger partial charge in [-0.1, -0.05) is 30.3 Å². The summed E-state index contributed by atoms with van der Waals surface area (Å²) in [7, 11) is 2.03. The van der Waals surface area contributed by atoms with E-state index in [1.54, 1.807) is 24.3 Å². The number of aliphatic carboxylic acids is 1. The van der Waals surface area contributed by atoms with E-state index < -0.39 is 11.8 Å². The molecule has 1 aromatic carbocycles. The second-order valence-corrected chi connectivity index (χ2v) is 6.04. The van der Waals surface area contributed by atoms with Crippen LogP contribution < -0.4 is 0 Å². The average Bonchev–Trinajstić information content (AvgIpc) is 2.65. The number of benzene rings is 1. The SMILES string of the molecule is CC1=CN(C(C)C)N(C)CC(c2ccc(C(=O)C(=O)O)cc2)=C1. The maximum Gasteiger partial charge on any atom is 0.377 e. The number of carbonyl (C=O) groups is 2. The molecule has 0 saturated heterocycles. The number of rotatable bonds is 4. The molecule has 0 saturated carbocycles. The van der Waals surface area contributed by atoms with Gasteiger partial charge in [-0.15, -0.1) is 0 Å². The molecule has 1 aromatic rings. The lowest BCUT2D eigenvalue weighted by Gasteiger charge is -2.34. The van der Waals surface area contributed by atoms with Crippen molar-refractivity contribution in [3.05, 3.63) is 53.2 Å². The number of hydrogen-bond donors (Lipinski definition) is 1. The minimum Gasteiger partial charge on any atom is -0.475 e. The first-order valence-corrected chi connectivity index (χ1v) is 7.56. The number of carbonyl (C=O) groups excluding carboxylic acids is 1. The predicted octanol–water partition coefficient (Wildman–Crippen LogP) is 2.81. The van der Waals surface area contributed by atoms with Crippen LogP contribution >= 0.6 is 0 Å². The van der Waals surface area contributed by atoms with Gasteiger partial charge in [-0.3, -0.25) is 4.79 Å². The van der Waals surface area contributed by atoms with Crippen molar-refractivity contribution in [1.82, 2.24) is 10.0 Å². The highest BCUT2D eigenvalue weighted by Gasteiger charge is 2.18. The van der Waals surface area contributed by atoms with Crippen molar-refractivity contribution in [1.29, 1.82) is 0 Å². The zero-order chi connectivity index (χ0) is 17.1. The minimum absolute atomic E-state index is 0.194. The summed E-state index contributed by atoms with van der Waals surface area (Å²) in [4.78, 5) is 22.2. The molecule has 0 aliphatic carbocycles. The summed E-state index contributed by atoms with van der Waals surface area (Å²) >= 11 is 0. The Morgan fingerprint density at radius 2 is 1.78 bits per heavy atom. The maximum absolute atomic E-state index is 11.5. The molecule has 1 N–H and O–H groups in total. The van der Waals surface area contributed by atoms with Crippen LogP contribution in [0.1, 0.15) is 36.7 Å². The summed E-state index contributed by atoms with van der Waals surface area (Å²) in [5.74, 6) is -2.32. The van der Waals surface area contributed by atoms with Crippen molar-refractivity contribution in [3.8, 4) is 0 Å². The molecule has 0 aromatic heterocycles. The Morgan fingerprint density at radius 1 is 1.17 bits per heavy atom. The first kappa shape index (κ1) is 17.0. The molecule has 122 valence electrons. The molecule has 0 atom stereocenters. The summed E-state index contributed by atoms with van der Waals surface area (Å²) in [6.45, 7) is 7.06. The van der Waals surface area contributed by atoms with Gasteiger partial charge in [0.25, 0.3) is 5.78 Å². The van der Waals surface area contributed by atoms with E-state index in [0.717, 1.165) is 23.3 Å². The van der Waals surface area contributed by atoms with Crippen LogP contribution in [0.5, 0.6) is 0 Å². The second-order valence-electron chi connectivity index (χ2n) is 6.04. The Kier molecular flexibility index (Phi) is 5.01. The molecule has 23 heavy (non-hydrogen) atoms. The summed E-state index contributed by atoms with van der Waals surface area (Å²) in [6.07, 6.45) is 4.23. The van der Waals surface area contributed by atoms with E-state index in [4.69, 9.17) is 5.11 Å². The molecular formula is C18H22N2O3. The van der Waals surface area contributed by atoms with Gasteiger partial charge in [-0.2, -0.15) is 0 Å². The monoisotopic (exact) mass is 314 g/mol. The molecule has 0 radical (unpaired) electrons. The minimum atomic E-state index is -1.43. The van der Waals surface area contributed by atoms with Crippen LogP contribution in [0.3, 0.4) is 0 Å². The van der Waals surface area contributed by atoms with Crippen LogP contribution in [0.4, 0.5) is 0 Å². The molecule has 5 nitrogen and oxygen atoms in total. The second kappa shape index (κ2) is 6.79. The fourth-order valence-corrected chi connectivity index (χ4v) is 2.67. The van der Waals surface area contributed by atoms with Crippen molar-refractivity contribution in [2.75, 3.05) is 13.6 Å². The smallest absolute Gasteiger partial charge is 0.377 e. The van der Waals surface area contributed by atoms with Gasteiger partial charge in [-0.05, 0) is 37.5 Å². The van der Waals surface area contributed by atoms with Gasteiger partial charge in [0.05, 0.1) is 0 Å². The lowest BCUT2D eigenvalue weighted by atomic mass is 10.0. The number of hydrogen-bond acceptors (Lipinski definition) is 4. The van der Waals surface area contributed by atoms with E-state index in [0.29, 0.717) is 6.04 Å². The quantitative estimate of drug-likeness (QED) is 0.684. The number of nitrogens with zero attached hydrogens (tertiary/aromatic N) is 2. The predicted molar refractivity (Wildman–Crippen MR) is 89.7 cm³/mol. The van der Waals surface area contributed by atoms with Crippen LogP contribution in [-0.2, 0) is 4.79 Å². The third kappa shape index (κ3) is 3.87. The first-order chi connectivity index (χ1) is 10.8. The molecule has 1 aliphatic rings. The van der Waals surface area contributed by atoms with Crippen molar-refractivity contribution < 1.29 is 14.7 Å². The summed E-state index contributed by atoms with van der Waals surface area (Å²) in [5, 5.41) is 13.1. The molecular weight excluding hydrogens is 292 g/mol. The van der Waals surface area contributed by atoms with E-state index in [2.05, 4.69) is 43.1 Å². The highest BCUT2D eigenvalue weighted by atomic mass is 16.4. The Bertz CT molecular complexity index is 672. The van der Waals surface area contributed by atoms with Gasteiger partial charge in [0.15, 0.2) is 0 Å². The van der Waals surface area contributed by atoms with Crippen molar-refractivity contribution >= 4 is 17.3 Å². The van der Waals surface area contributed by atoms with E-state index in [1.165, 1.54) is 0 Å². The molecule has 1 heterocycles. The largest absolute Gasteiger partial charge is 0.475 e. The number of allylic oxidation sites excluding steroid dienone is 2. The molecule has 0 spiro atoms. The third-order valence-electron chi connectivity index (χ3n) is 3.77. The molecule has 1 aliphatic heterocycles. The van der Waals surface area contributed by atoms with Crippen molar-refractivity contribution in [3.63, 3.8) is 0 Å². The van der Waals surface area contributed by atoms with Crippen molar-refractivity contribution in [2.24, 2.45) is 0 Å². The zero-order valence-electron chi connectivity index (χ0n) is 13.9. The number of carboxylic acid groups (broad SMARTS) is 1. The topological polar surface area (TPSA) is 60.9 Å². The van der Waals surface area contributed by atoms with Crippen LogP contribution in [0, 0.1) is 0 Å². The summed E-state index contributed by atoms with van der Waals surface area (Å²) in [6, 6.07) is 7.09. The van der Waals surface area contributed by atoms with Crippen LogP contribution in [0.2, 0.25) is 0 Å². The van der Waals surface area contributed by atoms with E-state index in [-0.39, 0.29) is 5.56 Å². The number of likely N-dealkylation sites (N-methyl/N-ethyl adjacent to an activating group) is 1. The standard InChI is InChI=1S/C18H22N2O3/c1-12(2)20-10-13(3)9-16(11-19(20)4)14-5-7-15(8-6-14)17(21)18(22)23/h5-10,12H,11H2,1-4H3,(H,22,23).